The van der Waals surface area contributed by atoms with Gasteiger partial charge in [-0.05, 0) is 0 Å². The average Bonchev–Trinajstić information content (AvgIpc) is 2.52. The molecule has 0 aliphatic carbocycles. The summed E-state index contributed by atoms with van der Waals surface area (Å²) in [6.07, 6.45) is 0. The van der Waals surface area contributed by atoms with E-state index >= 15 is 0 Å². The van der Waals surface area contributed by atoms with E-state index in [0.717, 1.165) is 0 Å². The Bertz CT molecular complexity index is 706. The molecule has 23 heavy (non-hydrogen) atoms. The maximum atomic E-state index is 11.7. The van der Waals surface area contributed by atoms with Gasteiger partial charge in [-0.25, -0.2) is 0 Å². The quantitative estimate of drug-likeness (QED) is 0.237. The first kappa shape index (κ1) is 19.2. The Morgan fingerprint density at radius 2 is 0.739 bits per heavy atom. The predicted molar refractivity (Wildman–Crippen MR) is 82.0 cm³/mol. The normalized spacial score (nSPS) is 11.7. The largest absolute Gasteiger partial charge is 2.00 e. The molecule has 2 aromatic rings. The smallest absolute Gasteiger partial charge is 0.872 e. The van der Waals surface area contributed by atoms with Crippen molar-refractivity contribution < 1.29 is 36.2 Å². The van der Waals surface area contributed by atoms with Crippen molar-refractivity contribution in [2.45, 2.75) is 0 Å². The molecule has 0 unspecified atom stereocenters. The third-order valence-corrected chi connectivity index (χ3v) is 5.26. The van der Waals surface area contributed by atoms with Gasteiger partial charge in [0.1, 0.15) is 10.0 Å². The van der Waals surface area contributed by atoms with Crippen LogP contribution in [0, 0.1) is 0 Å². The van der Waals surface area contributed by atoms with Gasteiger partial charge in [-0.15, -0.1) is 0 Å². The van der Waals surface area contributed by atoms with Crippen molar-refractivity contribution in [2.24, 2.45) is 0 Å². The van der Waals surface area contributed by atoms with Gasteiger partial charge in [-0.1, -0.05) is 81.1 Å². The van der Waals surface area contributed by atoms with Gasteiger partial charge < -0.3 is 19.7 Å². The Labute approximate surface area is 169 Å². The first-order valence-electron chi connectivity index (χ1n) is 5.36. The van der Waals surface area contributed by atoms with Gasteiger partial charge in [0.2, 0.25) is 0 Å². The Kier molecular flexibility index (Phi) is 5.55. The van der Waals surface area contributed by atoms with Crippen molar-refractivity contribution in [3.63, 3.8) is 0 Å². The minimum atomic E-state index is -1.03. The van der Waals surface area contributed by atoms with E-state index in [0.29, 0.717) is 0 Å². The van der Waals surface area contributed by atoms with Crippen molar-refractivity contribution >= 4 is 69.6 Å². The average molecular weight is 480 g/mol. The fourth-order valence-corrected chi connectivity index (χ4v) is 3.08. The van der Waals surface area contributed by atoms with Gasteiger partial charge in [0.15, 0.2) is 23.0 Å². The van der Waals surface area contributed by atoms with Crippen molar-refractivity contribution in [1.82, 2.24) is 0 Å². The monoisotopic (exact) mass is 476 g/mol. The van der Waals surface area contributed by atoms with Crippen molar-refractivity contribution in [3.8, 4) is 34.5 Å². The van der Waals surface area contributed by atoms with Gasteiger partial charge in [-0.2, -0.15) is 0 Å². The second-order valence-corrected chi connectivity index (χ2v) is 6.33. The molecule has 0 spiro atoms. The first-order chi connectivity index (χ1) is 10.3. The van der Waals surface area contributed by atoms with Crippen molar-refractivity contribution in [2.75, 3.05) is 0 Å². The van der Waals surface area contributed by atoms with Gasteiger partial charge in [0.05, 0.1) is 20.1 Å². The summed E-state index contributed by atoms with van der Waals surface area (Å²) in [5, 5.41) is 22.0. The molecule has 0 N–H and O–H groups in total. The van der Waals surface area contributed by atoms with E-state index in [1.165, 1.54) is 0 Å². The number of ether oxygens (including phenoxy) is 2. The zero-order valence-electron chi connectivity index (χ0n) is 10.2. The first-order valence-corrected chi connectivity index (χ1v) is 7.63. The Morgan fingerprint density at radius 1 is 0.478 bits per heavy atom. The standard InChI is InChI=1S/C12H2Cl6O4.Ni/c13-1-2(14)4(16)10-9(3(1)15)21-11-5(17)7(19)8(20)6(18)12(11)22-10;/h19-20H;/q;+2/p-2. The van der Waals surface area contributed by atoms with Crippen LogP contribution >= 0.6 is 69.6 Å². The molecule has 0 aromatic heterocycles. The Hall–Kier alpha value is -0.126. The molecule has 0 saturated heterocycles. The van der Waals surface area contributed by atoms with E-state index in [1.54, 1.807) is 0 Å². The third kappa shape index (κ3) is 2.77. The molecule has 1 aliphatic rings. The molecular formula is C12Cl6NiO4. The molecule has 11 heteroatoms. The van der Waals surface area contributed by atoms with Gasteiger partial charge >= 0.3 is 16.5 Å². The van der Waals surface area contributed by atoms with E-state index in [2.05, 4.69) is 0 Å². The molecule has 1 heterocycles. The zero-order valence-corrected chi connectivity index (χ0v) is 15.7. The summed E-state index contributed by atoms with van der Waals surface area (Å²) < 4.78 is 10.9. The van der Waals surface area contributed by atoms with Crippen LogP contribution < -0.4 is 19.7 Å². The van der Waals surface area contributed by atoms with E-state index in [9.17, 15) is 10.2 Å². The summed E-state index contributed by atoms with van der Waals surface area (Å²) in [4.78, 5) is 0. The van der Waals surface area contributed by atoms with Crippen LogP contribution in [0.5, 0.6) is 34.5 Å². The van der Waals surface area contributed by atoms with Crippen LogP contribution in [0.1, 0.15) is 0 Å². The molecule has 0 amide bonds. The summed E-state index contributed by atoms with van der Waals surface area (Å²) in [6.45, 7) is 0. The summed E-state index contributed by atoms with van der Waals surface area (Å²) in [7, 11) is 0. The molecule has 4 nitrogen and oxygen atoms in total. The second-order valence-electron chi connectivity index (χ2n) is 4.06. The van der Waals surface area contributed by atoms with Crippen LogP contribution in [-0.2, 0) is 16.5 Å². The topological polar surface area (TPSA) is 64.6 Å². The van der Waals surface area contributed by atoms with Gasteiger partial charge in [0.25, 0.3) is 0 Å². The number of hydrogen-bond donors (Lipinski definition) is 0. The number of benzene rings is 2. The summed E-state index contributed by atoms with van der Waals surface area (Å²) in [6, 6.07) is 0. The SMILES string of the molecule is [Ni+2].[O-]c1c([O-])c(Cl)c2c(c1Cl)Oc1c(Cl)c(Cl)c(Cl)c(Cl)c1O2. The molecule has 124 valence electrons. The second kappa shape index (κ2) is 6.64. The maximum Gasteiger partial charge on any atom is 2.00 e. The van der Waals surface area contributed by atoms with Gasteiger partial charge in [0, 0.05) is 0 Å². The third-order valence-electron chi connectivity index (χ3n) is 2.80. The minimum Gasteiger partial charge on any atom is -0.872 e. The van der Waals surface area contributed by atoms with Crippen molar-refractivity contribution in [3.05, 3.63) is 30.1 Å². The number of rotatable bonds is 0. The number of hydrogen-bond acceptors (Lipinski definition) is 4. The Balaban J connectivity index is 0.00000192. The van der Waals surface area contributed by atoms with Crippen LogP contribution in [0.15, 0.2) is 0 Å². The zero-order chi connectivity index (χ0) is 16.3. The molecule has 0 fully saturated rings. The van der Waals surface area contributed by atoms with E-state index in [1.807, 2.05) is 0 Å². The van der Waals surface area contributed by atoms with E-state index in [-0.39, 0.29) is 59.6 Å². The van der Waals surface area contributed by atoms with Crippen LogP contribution in [0.2, 0.25) is 30.1 Å². The Morgan fingerprint density at radius 3 is 1.04 bits per heavy atom. The summed E-state index contributed by atoms with van der Waals surface area (Å²) in [5.41, 5.74) is 0. The summed E-state index contributed by atoms with van der Waals surface area (Å²) in [5.74, 6) is -2.74. The molecule has 1 aliphatic heterocycles. The molecule has 0 saturated carbocycles. The fourth-order valence-electron chi connectivity index (χ4n) is 1.77. The fraction of sp³-hybridized carbons (Fsp3) is 0. The minimum absolute atomic E-state index is 0. The number of halogens is 6. The number of fused-ring (bicyclic) bond motifs is 2. The maximum absolute atomic E-state index is 11.7. The predicted octanol–water partition coefficient (Wildman–Crippen LogP) is 5.65. The molecule has 2 aromatic carbocycles. The van der Waals surface area contributed by atoms with Crippen LogP contribution in [0.4, 0.5) is 0 Å². The van der Waals surface area contributed by atoms with Crippen molar-refractivity contribution in [1.29, 1.82) is 0 Å². The molecule has 0 atom stereocenters. The van der Waals surface area contributed by atoms with Crippen LogP contribution in [0.3, 0.4) is 0 Å². The van der Waals surface area contributed by atoms with Crippen LogP contribution in [-0.4, -0.2) is 0 Å². The van der Waals surface area contributed by atoms with Crippen LogP contribution in [0.25, 0.3) is 0 Å². The van der Waals surface area contributed by atoms with Gasteiger partial charge in [-0.3, -0.25) is 0 Å². The molecule has 0 radical (unpaired) electrons. The summed E-state index contributed by atoms with van der Waals surface area (Å²) >= 11 is 35.5. The molecular weight excluding hydrogens is 480 g/mol. The molecule has 0 bridgehead atoms. The van der Waals surface area contributed by atoms with E-state index in [4.69, 9.17) is 79.1 Å². The van der Waals surface area contributed by atoms with E-state index < -0.39 is 21.5 Å². The molecule has 3 rings (SSSR count).